The molecule has 1 aromatic rings. The van der Waals surface area contributed by atoms with Crippen LogP contribution in [0.5, 0.6) is 0 Å². The molecule has 1 aromatic heterocycles. The number of unbranched alkanes of at least 4 members (excludes halogenated alkanes) is 3. The van der Waals surface area contributed by atoms with Crippen molar-refractivity contribution in [3.8, 4) is 0 Å². The van der Waals surface area contributed by atoms with Crippen LogP contribution in [0.3, 0.4) is 0 Å². The third kappa shape index (κ3) is 7.44. The van der Waals surface area contributed by atoms with Gasteiger partial charge >= 0.3 is 5.97 Å². The van der Waals surface area contributed by atoms with Crippen LogP contribution in [0.4, 0.5) is 5.88 Å². The molecule has 0 radical (unpaired) electrons. The van der Waals surface area contributed by atoms with Crippen molar-refractivity contribution in [2.75, 3.05) is 0 Å². The number of aliphatic imine (C=N–C) groups is 1. The Labute approximate surface area is 159 Å². The highest BCUT2D eigenvalue weighted by molar-refractivity contribution is 5.66. The number of carboxylic acid groups (broad SMARTS) is 1. The van der Waals surface area contributed by atoms with Crippen molar-refractivity contribution in [3.63, 3.8) is 0 Å². The second kappa shape index (κ2) is 11.2. The summed E-state index contributed by atoms with van der Waals surface area (Å²) in [5, 5.41) is 39.3. The number of aliphatic hydroxyl groups is 3. The quantitative estimate of drug-likeness (QED) is 0.326. The van der Waals surface area contributed by atoms with E-state index in [4.69, 9.17) is 9.52 Å². The molecule has 0 aromatic carbocycles. The Balaban J connectivity index is 1.72. The van der Waals surface area contributed by atoms with Crippen LogP contribution in [0.2, 0.25) is 0 Å². The SMILES string of the molecule is O=C(O)CCCCCC[C@@H]1C(CCC(O)/C=N/c2ccco2)[C@H](O)C[C@@H]1O. The molecule has 0 spiro atoms. The van der Waals surface area contributed by atoms with Gasteiger partial charge in [0.05, 0.1) is 24.6 Å². The first-order chi connectivity index (χ1) is 13.0. The first-order valence-electron chi connectivity index (χ1n) is 9.81. The molecular formula is C20H31NO6. The highest BCUT2D eigenvalue weighted by Crippen LogP contribution is 2.39. The van der Waals surface area contributed by atoms with Gasteiger partial charge in [0.15, 0.2) is 0 Å². The van der Waals surface area contributed by atoms with Crippen LogP contribution in [0.15, 0.2) is 27.8 Å². The third-order valence-electron chi connectivity index (χ3n) is 5.38. The molecule has 7 heteroatoms. The summed E-state index contributed by atoms with van der Waals surface area (Å²) in [5.74, 6) is -0.343. The Bertz CT molecular complexity index is 573. The summed E-state index contributed by atoms with van der Waals surface area (Å²) in [7, 11) is 0. The molecule has 5 atom stereocenters. The molecule has 152 valence electrons. The lowest BCUT2D eigenvalue weighted by atomic mass is 9.85. The molecule has 0 saturated heterocycles. The van der Waals surface area contributed by atoms with Crippen molar-refractivity contribution in [2.24, 2.45) is 16.8 Å². The maximum atomic E-state index is 10.5. The van der Waals surface area contributed by atoms with Gasteiger partial charge in [0.1, 0.15) is 0 Å². The summed E-state index contributed by atoms with van der Waals surface area (Å²) >= 11 is 0. The lowest BCUT2D eigenvalue weighted by molar-refractivity contribution is -0.137. The van der Waals surface area contributed by atoms with Crippen molar-refractivity contribution in [3.05, 3.63) is 18.4 Å². The zero-order chi connectivity index (χ0) is 19.6. The predicted octanol–water partition coefficient (Wildman–Crippen LogP) is 2.91. The molecule has 1 aliphatic carbocycles. The molecule has 2 rings (SSSR count). The number of hydrogen-bond donors (Lipinski definition) is 4. The van der Waals surface area contributed by atoms with Crippen LogP contribution in [0, 0.1) is 11.8 Å². The van der Waals surface area contributed by atoms with Gasteiger partial charge in [-0.2, -0.15) is 0 Å². The number of carbonyl (C=O) groups is 1. The van der Waals surface area contributed by atoms with Crippen molar-refractivity contribution >= 4 is 18.1 Å². The Morgan fingerprint density at radius 1 is 1.19 bits per heavy atom. The minimum atomic E-state index is -0.765. The number of aliphatic carboxylic acids is 1. The minimum absolute atomic E-state index is 0.0219. The standard InChI is InChI=1S/C20H31NO6/c22-14(13-21-19-7-5-11-27-19)9-10-16-15(17(23)12-18(16)24)6-3-1-2-4-8-20(25)26/h5,7,11,13-18,22-24H,1-4,6,8-10,12H2,(H,25,26)/b21-13+/t14?,15-,16?,17+,18-/m1/s1. The monoisotopic (exact) mass is 381 g/mol. The molecule has 1 heterocycles. The zero-order valence-electron chi connectivity index (χ0n) is 15.6. The van der Waals surface area contributed by atoms with Crippen LogP contribution in [-0.4, -0.2) is 50.9 Å². The summed E-state index contributed by atoms with van der Waals surface area (Å²) in [5.41, 5.74) is 0. The second-order valence-corrected chi connectivity index (χ2v) is 7.42. The van der Waals surface area contributed by atoms with Gasteiger partial charge in [0, 0.05) is 18.7 Å². The predicted molar refractivity (Wildman–Crippen MR) is 101 cm³/mol. The molecule has 1 aliphatic rings. The molecule has 1 fully saturated rings. The fourth-order valence-electron chi connectivity index (χ4n) is 3.93. The molecule has 27 heavy (non-hydrogen) atoms. The first-order valence-corrected chi connectivity index (χ1v) is 9.81. The largest absolute Gasteiger partial charge is 0.481 e. The number of nitrogens with zero attached hydrogens (tertiary/aromatic N) is 1. The van der Waals surface area contributed by atoms with Gasteiger partial charge < -0.3 is 24.8 Å². The van der Waals surface area contributed by atoms with Gasteiger partial charge in [-0.1, -0.05) is 19.3 Å². The number of hydrogen-bond acceptors (Lipinski definition) is 6. The van der Waals surface area contributed by atoms with Gasteiger partial charge in [-0.15, -0.1) is 0 Å². The average molecular weight is 381 g/mol. The van der Waals surface area contributed by atoms with E-state index in [2.05, 4.69) is 4.99 Å². The second-order valence-electron chi connectivity index (χ2n) is 7.42. The first kappa shape index (κ1) is 21.6. The number of aliphatic hydroxyl groups excluding tert-OH is 3. The number of furan rings is 1. The van der Waals surface area contributed by atoms with Gasteiger partial charge in [-0.3, -0.25) is 4.79 Å². The maximum absolute atomic E-state index is 10.5. The molecule has 2 unspecified atom stereocenters. The fraction of sp³-hybridized carbons (Fsp3) is 0.700. The smallest absolute Gasteiger partial charge is 0.303 e. The van der Waals surface area contributed by atoms with Gasteiger partial charge in [-0.05, 0) is 50.0 Å². The molecule has 1 saturated carbocycles. The number of rotatable bonds is 12. The van der Waals surface area contributed by atoms with Crippen molar-refractivity contribution in [2.45, 2.75) is 76.1 Å². The van der Waals surface area contributed by atoms with Gasteiger partial charge in [-0.25, -0.2) is 4.99 Å². The Hall–Kier alpha value is -1.70. The van der Waals surface area contributed by atoms with E-state index in [0.29, 0.717) is 31.6 Å². The fourth-order valence-corrected chi connectivity index (χ4v) is 3.93. The van der Waals surface area contributed by atoms with E-state index in [-0.39, 0.29) is 18.3 Å². The van der Waals surface area contributed by atoms with Crippen molar-refractivity contribution < 1.29 is 29.6 Å². The third-order valence-corrected chi connectivity index (χ3v) is 5.38. The lowest BCUT2D eigenvalue weighted by Gasteiger charge is -2.24. The molecule has 0 aliphatic heterocycles. The van der Waals surface area contributed by atoms with Crippen LogP contribution >= 0.6 is 0 Å². The normalized spacial score (nSPS) is 26.6. The van der Waals surface area contributed by atoms with E-state index >= 15 is 0 Å². The van der Waals surface area contributed by atoms with Crippen molar-refractivity contribution in [1.29, 1.82) is 0 Å². The molecule has 4 N–H and O–H groups in total. The molecule has 0 amide bonds. The Morgan fingerprint density at radius 3 is 2.56 bits per heavy atom. The molecular weight excluding hydrogens is 350 g/mol. The van der Waals surface area contributed by atoms with Gasteiger partial charge in [0.2, 0.25) is 5.88 Å². The highest BCUT2D eigenvalue weighted by Gasteiger charge is 2.40. The van der Waals surface area contributed by atoms with Crippen LogP contribution in [0.25, 0.3) is 0 Å². The van der Waals surface area contributed by atoms with E-state index in [9.17, 15) is 20.1 Å². The zero-order valence-corrected chi connectivity index (χ0v) is 15.6. The number of carboxylic acids is 1. The molecule has 7 nitrogen and oxygen atoms in total. The minimum Gasteiger partial charge on any atom is -0.481 e. The van der Waals surface area contributed by atoms with Gasteiger partial charge in [0.25, 0.3) is 0 Å². The van der Waals surface area contributed by atoms with E-state index in [0.717, 1.165) is 25.7 Å². The van der Waals surface area contributed by atoms with E-state index in [1.807, 2.05) is 0 Å². The summed E-state index contributed by atoms with van der Waals surface area (Å²) in [6.45, 7) is 0. The summed E-state index contributed by atoms with van der Waals surface area (Å²) in [4.78, 5) is 14.6. The van der Waals surface area contributed by atoms with Crippen LogP contribution in [0.1, 0.15) is 57.8 Å². The van der Waals surface area contributed by atoms with E-state index < -0.39 is 24.3 Å². The maximum Gasteiger partial charge on any atom is 0.303 e. The topological polar surface area (TPSA) is 123 Å². The summed E-state index contributed by atoms with van der Waals surface area (Å²) < 4.78 is 5.08. The Kier molecular flexibility index (Phi) is 8.97. The van der Waals surface area contributed by atoms with Crippen LogP contribution in [-0.2, 0) is 4.79 Å². The van der Waals surface area contributed by atoms with Crippen LogP contribution < -0.4 is 0 Å². The summed E-state index contributed by atoms with van der Waals surface area (Å²) in [6.07, 6.45) is 7.02. The van der Waals surface area contributed by atoms with E-state index in [1.54, 1.807) is 12.1 Å². The highest BCUT2D eigenvalue weighted by atomic mass is 16.4. The average Bonchev–Trinajstić information content (AvgIpc) is 3.22. The van der Waals surface area contributed by atoms with E-state index in [1.165, 1.54) is 12.5 Å². The van der Waals surface area contributed by atoms with Crippen molar-refractivity contribution in [1.82, 2.24) is 0 Å². The lowest BCUT2D eigenvalue weighted by Crippen LogP contribution is -2.24. The summed E-state index contributed by atoms with van der Waals surface area (Å²) in [6, 6.07) is 3.42. The Morgan fingerprint density at radius 2 is 1.89 bits per heavy atom. The molecule has 0 bridgehead atoms.